The summed E-state index contributed by atoms with van der Waals surface area (Å²) in [5.74, 6) is 0.212. The molecule has 0 aliphatic rings. The van der Waals surface area contributed by atoms with Gasteiger partial charge in [0.15, 0.2) is 0 Å². The number of aromatic hydroxyl groups is 1. The molecule has 7 heteroatoms. The van der Waals surface area contributed by atoms with Crippen molar-refractivity contribution in [2.24, 2.45) is 10.1 Å². The normalized spacial score (nSPS) is 12.1. The smallest absolute Gasteiger partial charge is 0.205 e. The van der Waals surface area contributed by atoms with Crippen LogP contribution >= 0.6 is 27.3 Å². The molecule has 0 amide bonds. The second-order valence-electron chi connectivity index (χ2n) is 6.11. The molecule has 2 aromatic carbocycles. The third-order valence-electron chi connectivity index (χ3n) is 4.47. The fourth-order valence-electron chi connectivity index (χ4n) is 2.93. The van der Waals surface area contributed by atoms with Crippen molar-refractivity contribution < 1.29 is 5.11 Å². The number of hydrogen-bond acceptors (Lipinski definition) is 5. The van der Waals surface area contributed by atoms with Crippen molar-refractivity contribution in [2.75, 3.05) is 25.0 Å². The molecule has 5 nitrogen and oxygen atoms in total. The Morgan fingerprint density at radius 3 is 2.46 bits per heavy atom. The molecule has 146 valence electrons. The quantitative estimate of drug-likeness (QED) is 0.531. The van der Waals surface area contributed by atoms with Gasteiger partial charge in [-0.25, -0.2) is 4.68 Å². The standard InChI is InChI=1S/C21H23BrN4OS/c1-4-25(5-2)18-11-8-16(20(27)12-18)13-24-26-19(14-28-21(26)23-3)15-6-9-17(22)10-7-15/h6-14,27H,4-5H2,1-3H3. The number of phenolic OH excluding ortho intramolecular Hbond substituents is 1. The Morgan fingerprint density at radius 2 is 1.86 bits per heavy atom. The summed E-state index contributed by atoms with van der Waals surface area (Å²) in [6.45, 7) is 5.99. The van der Waals surface area contributed by atoms with E-state index in [-0.39, 0.29) is 5.75 Å². The monoisotopic (exact) mass is 458 g/mol. The van der Waals surface area contributed by atoms with E-state index in [1.165, 1.54) is 11.3 Å². The topological polar surface area (TPSA) is 53.1 Å². The van der Waals surface area contributed by atoms with Crippen LogP contribution in [0.5, 0.6) is 5.75 Å². The van der Waals surface area contributed by atoms with Gasteiger partial charge in [0, 0.05) is 52.9 Å². The fraction of sp³-hybridized carbons (Fsp3) is 0.238. The maximum Gasteiger partial charge on any atom is 0.205 e. The zero-order valence-electron chi connectivity index (χ0n) is 16.1. The van der Waals surface area contributed by atoms with Gasteiger partial charge in [-0.1, -0.05) is 28.1 Å². The number of phenols is 1. The van der Waals surface area contributed by atoms with Gasteiger partial charge in [-0.05, 0) is 38.1 Å². The number of rotatable bonds is 6. The summed E-state index contributed by atoms with van der Waals surface area (Å²) in [5.41, 5.74) is 3.67. The molecule has 1 aromatic heterocycles. The summed E-state index contributed by atoms with van der Waals surface area (Å²) in [6, 6.07) is 13.8. The molecule has 0 fully saturated rings. The second-order valence-corrected chi connectivity index (χ2v) is 7.86. The van der Waals surface area contributed by atoms with E-state index in [4.69, 9.17) is 0 Å². The molecule has 0 aliphatic heterocycles. The van der Waals surface area contributed by atoms with Gasteiger partial charge in [0.1, 0.15) is 5.75 Å². The molecule has 28 heavy (non-hydrogen) atoms. The molecule has 0 bridgehead atoms. The van der Waals surface area contributed by atoms with Crippen LogP contribution < -0.4 is 9.70 Å². The molecule has 0 saturated heterocycles. The molecule has 0 unspecified atom stereocenters. The maximum absolute atomic E-state index is 10.5. The van der Waals surface area contributed by atoms with Crippen LogP contribution in [0.3, 0.4) is 0 Å². The zero-order chi connectivity index (χ0) is 20.1. The predicted octanol–water partition coefficient (Wildman–Crippen LogP) is 4.94. The highest BCUT2D eigenvalue weighted by Crippen LogP contribution is 2.25. The van der Waals surface area contributed by atoms with Crippen LogP contribution in [0.25, 0.3) is 11.3 Å². The predicted molar refractivity (Wildman–Crippen MR) is 122 cm³/mol. The number of anilines is 1. The zero-order valence-corrected chi connectivity index (χ0v) is 18.5. The molecular formula is C21H23BrN4OS. The van der Waals surface area contributed by atoms with Crippen molar-refractivity contribution in [1.82, 2.24) is 4.68 Å². The molecule has 0 spiro atoms. The number of hydrogen-bond donors (Lipinski definition) is 1. The first-order valence-corrected chi connectivity index (χ1v) is 10.8. The van der Waals surface area contributed by atoms with Gasteiger partial charge in [0.05, 0.1) is 11.9 Å². The molecule has 0 atom stereocenters. The average molecular weight is 459 g/mol. The second kappa shape index (κ2) is 9.21. The average Bonchev–Trinajstić information content (AvgIpc) is 3.12. The summed E-state index contributed by atoms with van der Waals surface area (Å²) in [7, 11) is 1.75. The van der Waals surface area contributed by atoms with E-state index in [0.717, 1.165) is 39.3 Å². The molecule has 3 aromatic rings. The first-order valence-electron chi connectivity index (χ1n) is 9.09. The Kier molecular flexibility index (Phi) is 6.70. The Balaban J connectivity index is 1.97. The van der Waals surface area contributed by atoms with Gasteiger partial charge >= 0.3 is 0 Å². The van der Waals surface area contributed by atoms with Crippen LogP contribution in [0.15, 0.2) is 62.4 Å². The molecule has 0 aliphatic carbocycles. The van der Waals surface area contributed by atoms with Crippen molar-refractivity contribution in [3.63, 3.8) is 0 Å². The number of halogens is 1. The highest BCUT2D eigenvalue weighted by atomic mass is 79.9. The van der Waals surface area contributed by atoms with Crippen LogP contribution in [-0.2, 0) is 0 Å². The van der Waals surface area contributed by atoms with Gasteiger partial charge in [-0.3, -0.25) is 4.99 Å². The molecule has 1 heterocycles. The Bertz CT molecular complexity index is 1030. The third-order valence-corrected chi connectivity index (χ3v) is 5.91. The van der Waals surface area contributed by atoms with E-state index in [9.17, 15) is 5.11 Å². The first-order chi connectivity index (χ1) is 13.6. The number of benzene rings is 2. The van der Waals surface area contributed by atoms with Crippen LogP contribution in [0.4, 0.5) is 5.69 Å². The summed E-state index contributed by atoms with van der Waals surface area (Å²) in [5, 5.41) is 17.1. The first kappa shape index (κ1) is 20.4. The fourth-order valence-corrected chi connectivity index (χ4v) is 4.00. The van der Waals surface area contributed by atoms with E-state index in [1.807, 2.05) is 41.8 Å². The van der Waals surface area contributed by atoms with Gasteiger partial charge in [-0.2, -0.15) is 5.10 Å². The lowest BCUT2D eigenvalue weighted by atomic mass is 10.2. The minimum absolute atomic E-state index is 0.212. The van der Waals surface area contributed by atoms with Crippen molar-refractivity contribution >= 4 is 39.2 Å². The summed E-state index contributed by atoms with van der Waals surface area (Å²) < 4.78 is 2.83. The van der Waals surface area contributed by atoms with E-state index >= 15 is 0 Å². The van der Waals surface area contributed by atoms with E-state index < -0.39 is 0 Å². The lowest BCUT2D eigenvalue weighted by Gasteiger charge is -2.21. The number of aromatic nitrogens is 1. The largest absolute Gasteiger partial charge is 0.507 e. The Morgan fingerprint density at radius 1 is 1.14 bits per heavy atom. The highest BCUT2D eigenvalue weighted by Gasteiger charge is 2.09. The number of thiazole rings is 1. The van der Waals surface area contributed by atoms with Crippen LogP contribution in [0.1, 0.15) is 19.4 Å². The molecule has 3 rings (SSSR count). The van der Waals surface area contributed by atoms with Crippen LogP contribution in [0, 0.1) is 0 Å². The van der Waals surface area contributed by atoms with E-state index in [0.29, 0.717) is 5.56 Å². The van der Waals surface area contributed by atoms with Gasteiger partial charge in [0.25, 0.3) is 0 Å². The third kappa shape index (κ3) is 4.36. The minimum Gasteiger partial charge on any atom is -0.507 e. The van der Waals surface area contributed by atoms with Crippen LogP contribution in [0.2, 0.25) is 0 Å². The lowest BCUT2D eigenvalue weighted by Crippen LogP contribution is -2.21. The minimum atomic E-state index is 0.212. The van der Waals surface area contributed by atoms with Crippen molar-refractivity contribution in [2.45, 2.75) is 13.8 Å². The maximum atomic E-state index is 10.5. The van der Waals surface area contributed by atoms with Gasteiger partial charge < -0.3 is 10.0 Å². The van der Waals surface area contributed by atoms with Crippen molar-refractivity contribution in [3.8, 4) is 17.0 Å². The Labute approximate surface area is 177 Å². The SMILES string of the molecule is CCN(CC)c1ccc(C=Nn2c(-c3ccc(Br)cc3)csc2=NC)c(O)c1. The summed E-state index contributed by atoms with van der Waals surface area (Å²) in [4.78, 5) is 7.29. The van der Waals surface area contributed by atoms with E-state index in [1.54, 1.807) is 24.0 Å². The van der Waals surface area contributed by atoms with Crippen LogP contribution in [-0.4, -0.2) is 36.1 Å². The Hall–Kier alpha value is -2.38. The number of nitrogens with zero attached hydrogens (tertiary/aromatic N) is 4. The van der Waals surface area contributed by atoms with Gasteiger partial charge in [-0.15, -0.1) is 11.3 Å². The molecule has 1 N–H and O–H groups in total. The highest BCUT2D eigenvalue weighted by molar-refractivity contribution is 9.10. The lowest BCUT2D eigenvalue weighted by molar-refractivity contribution is 0.474. The molecule has 0 saturated carbocycles. The summed E-state index contributed by atoms with van der Waals surface area (Å²) in [6.07, 6.45) is 1.67. The van der Waals surface area contributed by atoms with E-state index in [2.05, 4.69) is 44.8 Å². The van der Waals surface area contributed by atoms with Crippen molar-refractivity contribution in [3.05, 3.63) is 62.7 Å². The molecule has 0 radical (unpaired) electrons. The summed E-state index contributed by atoms with van der Waals surface area (Å²) >= 11 is 5.00. The molecular weight excluding hydrogens is 436 g/mol. The van der Waals surface area contributed by atoms with Gasteiger partial charge in [0.2, 0.25) is 4.80 Å². The van der Waals surface area contributed by atoms with Crippen molar-refractivity contribution in [1.29, 1.82) is 0 Å².